The van der Waals surface area contributed by atoms with Crippen LogP contribution in [0.2, 0.25) is 0 Å². The Hall–Kier alpha value is -3.01. The van der Waals surface area contributed by atoms with E-state index in [9.17, 15) is 18.0 Å². The monoisotopic (exact) mass is 408 g/mol. The number of nitrogens with one attached hydrogen (secondary N) is 1. The summed E-state index contributed by atoms with van der Waals surface area (Å²) in [6.45, 7) is 3.27. The van der Waals surface area contributed by atoms with E-state index in [1.165, 1.54) is 12.4 Å². The Labute approximate surface area is 164 Å². The Morgan fingerprint density at radius 2 is 1.90 bits per heavy atom. The summed E-state index contributed by atoms with van der Waals surface area (Å²) in [6.07, 6.45) is 4.79. The zero-order valence-corrected chi connectivity index (χ0v) is 15.7. The van der Waals surface area contributed by atoms with Gasteiger partial charge in [0, 0.05) is 0 Å². The fourth-order valence-electron chi connectivity index (χ4n) is 2.49. The van der Waals surface area contributed by atoms with Gasteiger partial charge >= 0.3 is 12.1 Å². The Bertz CT molecular complexity index is 946. The van der Waals surface area contributed by atoms with Gasteiger partial charge in [-0.2, -0.15) is 13.2 Å². The number of ether oxygens (including phenoxy) is 1. The third-order valence-electron chi connectivity index (χ3n) is 4.37. The first-order chi connectivity index (χ1) is 13.6. The van der Waals surface area contributed by atoms with Gasteiger partial charge in [-0.3, -0.25) is 9.78 Å². The number of H-pyrrole nitrogens is 1. The van der Waals surface area contributed by atoms with Crippen LogP contribution in [-0.2, 0) is 15.7 Å². The fourth-order valence-corrected chi connectivity index (χ4v) is 2.49. The maximum absolute atomic E-state index is 12.7. The van der Waals surface area contributed by atoms with Crippen molar-refractivity contribution in [3.63, 3.8) is 0 Å². The lowest BCUT2D eigenvalue weighted by molar-refractivity contribution is -0.151. The molecule has 2 aromatic heterocycles. The van der Waals surface area contributed by atoms with Gasteiger partial charge in [0.15, 0.2) is 5.82 Å². The Morgan fingerprint density at radius 3 is 2.41 bits per heavy atom. The molecule has 2 N–H and O–H groups in total. The van der Waals surface area contributed by atoms with Crippen molar-refractivity contribution in [3.8, 4) is 11.5 Å². The molecule has 0 spiro atoms. The summed E-state index contributed by atoms with van der Waals surface area (Å²) < 4.78 is 43.6. The van der Waals surface area contributed by atoms with Crippen LogP contribution in [0.25, 0.3) is 17.1 Å². The molecule has 29 heavy (non-hydrogen) atoms. The lowest BCUT2D eigenvalue weighted by Crippen LogP contribution is -2.31. The average Bonchev–Trinajstić information content (AvgIpc) is 3.18. The molecule has 1 unspecified atom stereocenters. The molecule has 1 atom stereocenters. The van der Waals surface area contributed by atoms with Crippen LogP contribution < -0.4 is 0 Å². The minimum absolute atomic E-state index is 0.0148. The summed E-state index contributed by atoms with van der Waals surface area (Å²) >= 11 is 0. The highest BCUT2D eigenvalue weighted by Crippen LogP contribution is 2.29. The number of hydrogen-bond acceptors (Lipinski definition) is 5. The highest BCUT2D eigenvalue weighted by molar-refractivity contribution is 5.74. The van der Waals surface area contributed by atoms with Crippen LogP contribution >= 0.6 is 0 Å². The second-order valence-electron chi connectivity index (χ2n) is 7.22. The fraction of sp³-hybridized carbons (Fsp3) is 0.368. The first-order valence-corrected chi connectivity index (χ1v) is 8.74. The highest BCUT2D eigenvalue weighted by Gasteiger charge is 2.33. The largest absolute Gasteiger partial charge is 0.481 e. The number of hydrogen-bond donors (Lipinski definition) is 2. The van der Waals surface area contributed by atoms with Crippen molar-refractivity contribution in [2.45, 2.75) is 32.5 Å². The van der Waals surface area contributed by atoms with Gasteiger partial charge in [0.1, 0.15) is 11.4 Å². The zero-order chi connectivity index (χ0) is 21.2. The number of rotatable bonds is 6. The summed E-state index contributed by atoms with van der Waals surface area (Å²) in [7, 11) is 0. The van der Waals surface area contributed by atoms with Gasteiger partial charge in [0.05, 0.1) is 42.4 Å². The summed E-state index contributed by atoms with van der Waals surface area (Å²) in [6, 6.07) is 0. The lowest BCUT2D eigenvalue weighted by Gasteiger charge is -2.23. The molecule has 2 heterocycles. The van der Waals surface area contributed by atoms with Gasteiger partial charge in [-0.05, 0) is 25.8 Å². The Morgan fingerprint density at radius 1 is 1.21 bits per heavy atom. The van der Waals surface area contributed by atoms with E-state index in [0.29, 0.717) is 18.3 Å². The number of nitrogens with zero attached hydrogens (tertiary/aromatic N) is 3. The van der Waals surface area contributed by atoms with Crippen LogP contribution in [0, 0.1) is 5.41 Å². The molecule has 1 aliphatic carbocycles. The molecule has 0 bridgehead atoms. The molecule has 0 saturated carbocycles. The van der Waals surface area contributed by atoms with Gasteiger partial charge in [-0.25, -0.2) is 9.97 Å². The van der Waals surface area contributed by atoms with Crippen LogP contribution in [0.1, 0.15) is 31.7 Å². The summed E-state index contributed by atoms with van der Waals surface area (Å²) in [5.41, 5.74) is -0.388. The van der Waals surface area contributed by atoms with Crippen LogP contribution in [0.5, 0.6) is 0 Å². The van der Waals surface area contributed by atoms with E-state index in [4.69, 9.17) is 9.84 Å². The van der Waals surface area contributed by atoms with Crippen molar-refractivity contribution >= 4 is 11.5 Å². The van der Waals surface area contributed by atoms with E-state index >= 15 is 0 Å². The third-order valence-corrected chi connectivity index (χ3v) is 4.37. The van der Waals surface area contributed by atoms with Crippen molar-refractivity contribution in [2.24, 2.45) is 5.41 Å². The SMILES string of the molecule is CC(C)(COC1C=CC(c2cnc(-c3ncc(C(F)(F)F)[nH]3)cn2)=CC1)C(=O)O. The number of imidazole rings is 1. The quantitative estimate of drug-likeness (QED) is 0.756. The second-order valence-corrected chi connectivity index (χ2v) is 7.22. The standard InChI is InChI=1S/C19H19F3N4O3/c1-18(2,17(27)28)10-29-12-5-3-11(4-6-12)13-7-24-14(8-23-13)16-25-9-15(26-16)19(20,21)22/h3-5,7-9,12H,6,10H2,1-2H3,(H,25,26)(H,27,28). The summed E-state index contributed by atoms with van der Waals surface area (Å²) in [5.74, 6) is -0.943. The molecule has 3 rings (SSSR count). The zero-order valence-electron chi connectivity index (χ0n) is 15.7. The van der Waals surface area contributed by atoms with Crippen molar-refractivity contribution in [1.29, 1.82) is 0 Å². The van der Waals surface area contributed by atoms with Gasteiger partial charge in [0.25, 0.3) is 0 Å². The number of halogens is 3. The number of carbonyl (C=O) groups is 1. The van der Waals surface area contributed by atoms with Crippen LogP contribution in [0.4, 0.5) is 13.2 Å². The van der Waals surface area contributed by atoms with E-state index < -0.39 is 23.3 Å². The number of allylic oxidation sites excluding steroid dienone is 2. The molecule has 2 aromatic rings. The first-order valence-electron chi connectivity index (χ1n) is 8.74. The molecule has 1 aliphatic rings. The molecule has 10 heteroatoms. The van der Waals surface area contributed by atoms with E-state index in [2.05, 4.69) is 19.9 Å². The molecule has 7 nitrogen and oxygen atoms in total. The van der Waals surface area contributed by atoms with Crippen molar-refractivity contribution in [1.82, 2.24) is 19.9 Å². The first kappa shape index (κ1) is 20.7. The van der Waals surface area contributed by atoms with Gasteiger partial charge < -0.3 is 14.8 Å². The Kier molecular flexibility index (Phi) is 5.56. The van der Waals surface area contributed by atoms with Gasteiger partial charge in [-0.15, -0.1) is 0 Å². The minimum Gasteiger partial charge on any atom is -0.481 e. The predicted molar refractivity (Wildman–Crippen MR) is 97.5 cm³/mol. The molecular formula is C19H19F3N4O3. The predicted octanol–water partition coefficient (Wildman–Crippen LogP) is 3.72. The van der Waals surface area contributed by atoms with Crippen molar-refractivity contribution in [2.75, 3.05) is 6.61 Å². The van der Waals surface area contributed by atoms with Gasteiger partial charge in [0.2, 0.25) is 0 Å². The van der Waals surface area contributed by atoms with Crippen molar-refractivity contribution in [3.05, 3.63) is 48.2 Å². The number of carboxylic acid groups (broad SMARTS) is 1. The maximum atomic E-state index is 12.7. The lowest BCUT2D eigenvalue weighted by atomic mass is 9.95. The molecule has 0 fully saturated rings. The smallest absolute Gasteiger partial charge is 0.432 e. The topological polar surface area (TPSA) is 101 Å². The number of aromatic amines is 1. The number of aliphatic carboxylic acids is 1. The summed E-state index contributed by atoms with van der Waals surface area (Å²) in [4.78, 5) is 25.4. The number of aromatic nitrogens is 4. The molecule has 0 saturated heterocycles. The van der Waals surface area contributed by atoms with E-state index in [1.54, 1.807) is 19.9 Å². The van der Waals surface area contributed by atoms with Gasteiger partial charge in [-0.1, -0.05) is 18.2 Å². The molecule has 0 aromatic carbocycles. The molecular weight excluding hydrogens is 389 g/mol. The van der Waals surface area contributed by atoms with E-state index in [1.807, 2.05) is 12.2 Å². The molecule has 154 valence electrons. The highest BCUT2D eigenvalue weighted by atomic mass is 19.4. The molecule has 0 amide bonds. The summed E-state index contributed by atoms with van der Waals surface area (Å²) in [5, 5.41) is 9.12. The molecule has 0 radical (unpaired) electrons. The van der Waals surface area contributed by atoms with Crippen LogP contribution in [0.3, 0.4) is 0 Å². The Balaban J connectivity index is 1.63. The average molecular weight is 408 g/mol. The van der Waals surface area contributed by atoms with E-state index in [-0.39, 0.29) is 24.2 Å². The second kappa shape index (κ2) is 7.78. The minimum atomic E-state index is -4.51. The third kappa shape index (κ3) is 4.89. The maximum Gasteiger partial charge on any atom is 0.432 e. The van der Waals surface area contributed by atoms with Crippen LogP contribution in [0.15, 0.2) is 36.8 Å². The normalized spacial score (nSPS) is 17.3. The molecule has 0 aliphatic heterocycles. The van der Waals surface area contributed by atoms with Crippen molar-refractivity contribution < 1.29 is 27.8 Å². The number of carboxylic acids is 1. The number of alkyl halides is 3. The van der Waals surface area contributed by atoms with Crippen LogP contribution in [-0.4, -0.2) is 43.7 Å². The van der Waals surface area contributed by atoms with E-state index in [0.717, 1.165) is 5.57 Å².